The predicted octanol–water partition coefficient (Wildman–Crippen LogP) is 5.86. The third-order valence-electron chi connectivity index (χ3n) is 4.21. The minimum atomic E-state index is -0.159. The summed E-state index contributed by atoms with van der Waals surface area (Å²) in [6.45, 7) is 4.08. The zero-order chi connectivity index (χ0) is 19.1. The summed E-state index contributed by atoms with van der Waals surface area (Å²) in [6.07, 6.45) is 1.03. The van der Waals surface area contributed by atoms with E-state index in [1.807, 2.05) is 73.7 Å². The van der Waals surface area contributed by atoms with Gasteiger partial charge in [0.2, 0.25) is 0 Å². The molecule has 3 rings (SSSR count). The largest absolute Gasteiger partial charge is 0.491 e. The second-order valence-corrected chi connectivity index (χ2v) is 6.39. The minimum absolute atomic E-state index is 0.118. The lowest BCUT2D eigenvalue weighted by Gasteiger charge is -2.13. The van der Waals surface area contributed by atoms with E-state index in [2.05, 4.69) is 17.6 Å². The van der Waals surface area contributed by atoms with Gasteiger partial charge in [-0.3, -0.25) is 4.79 Å². The topological polar surface area (TPSA) is 50.4 Å². The van der Waals surface area contributed by atoms with Crippen LogP contribution in [0.3, 0.4) is 0 Å². The van der Waals surface area contributed by atoms with Gasteiger partial charge in [-0.05, 0) is 67.9 Å². The number of carbonyl (C=O) groups excluding carboxylic acids is 1. The van der Waals surface area contributed by atoms with Crippen LogP contribution in [-0.4, -0.2) is 12.0 Å². The molecule has 0 spiro atoms. The fraction of sp³-hybridized carbons (Fsp3) is 0.174. The van der Waals surface area contributed by atoms with Crippen molar-refractivity contribution < 1.29 is 9.53 Å². The van der Waals surface area contributed by atoms with Crippen molar-refractivity contribution in [3.05, 3.63) is 84.4 Å². The molecule has 138 valence electrons. The normalized spacial score (nSPS) is 11.5. The number of rotatable bonds is 7. The molecular weight excluding hydrogens is 336 g/mol. The Balaban J connectivity index is 1.63. The number of hydrogen-bond donors (Lipinski definition) is 2. The molecule has 0 aliphatic carbocycles. The monoisotopic (exact) mass is 360 g/mol. The Kier molecular flexibility index (Phi) is 6.10. The van der Waals surface area contributed by atoms with Crippen LogP contribution in [-0.2, 0) is 0 Å². The Labute approximate surface area is 160 Å². The lowest BCUT2D eigenvalue weighted by molar-refractivity contribution is 0.102. The Hall–Kier alpha value is -3.27. The van der Waals surface area contributed by atoms with Gasteiger partial charge in [0.15, 0.2) is 0 Å². The Morgan fingerprint density at radius 3 is 2.26 bits per heavy atom. The minimum Gasteiger partial charge on any atom is -0.491 e. The molecule has 0 fully saturated rings. The molecule has 0 bridgehead atoms. The van der Waals surface area contributed by atoms with Crippen LogP contribution in [0.5, 0.6) is 5.75 Å². The third-order valence-corrected chi connectivity index (χ3v) is 4.21. The van der Waals surface area contributed by atoms with Gasteiger partial charge in [-0.15, -0.1) is 0 Å². The first-order chi connectivity index (χ1) is 13.1. The van der Waals surface area contributed by atoms with Gasteiger partial charge in [0.05, 0.1) is 6.10 Å². The first-order valence-electron chi connectivity index (χ1n) is 9.14. The summed E-state index contributed by atoms with van der Waals surface area (Å²) in [5.74, 6) is 0.549. The van der Waals surface area contributed by atoms with E-state index in [9.17, 15) is 4.79 Å². The van der Waals surface area contributed by atoms with E-state index < -0.39 is 0 Å². The standard InChI is InChI=1S/C23H24N2O2/c1-3-17(2)27-22-11-7-8-18(16-22)23(26)25-21-14-12-20(13-15-21)24-19-9-5-4-6-10-19/h4-17,24H,3H2,1-2H3,(H,25,26). The number of nitrogens with one attached hydrogen (secondary N) is 2. The van der Waals surface area contributed by atoms with Crippen LogP contribution in [0, 0.1) is 0 Å². The molecule has 4 nitrogen and oxygen atoms in total. The average Bonchev–Trinajstić information content (AvgIpc) is 2.70. The molecule has 1 amide bonds. The zero-order valence-electron chi connectivity index (χ0n) is 15.6. The summed E-state index contributed by atoms with van der Waals surface area (Å²) in [6, 6.07) is 24.8. The molecular formula is C23H24N2O2. The van der Waals surface area contributed by atoms with Crippen LogP contribution in [0.15, 0.2) is 78.9 Å². The van der Waals surface area contributed by atoms with Gasteiger partial charge >= 0.3 is 0 Å². The summed E-state index contributed by atoms with van der Waals surface area (Å²) in [5, 5.41) is 6.24. The van der Waals surface area contributed by atoms with Crippen molar-refractivity contribution in [2.24, 2.45) is 0 Å². The molecule has 3 aromatic carbocycles. The van der Waals surface area contributed by atoms with E-state index in [-0.39, 0.29) is 12.0 Å². The van der Waals surface area contributed by atoms with Crippen molar-refractivity contribution in [1.29, 1.82) is 0 Å². The van der Waals surface area contributed by atoms with Gasteiger partial charge in [0.25, 0.3) is 5.91 Å². The zero-order valence-corrected chi connectivity index (χ0v) is 15.6. The molecule has 0 aliphatic rings. The van der Waals surface area contributed by atoms with Gasteiger partial charge in [0, 0.05) is 22.6 Å². The van der Waals surface area contributed by atoms with Crippen LogP contribution < -0.4 is 15.4 Å². The smallest absolute Gasteiger partial charge is 0.255 e. The van der Waals surface area contributed by atoms with Crippen LogP contribution in [0.1, 0.15) is 30.6 Å². The molecule has 0 radical (unpaired) electrons. The van der Waals surface area contributed by atoms with Crippen molar-refractivity contribution >= 4 is 23.0 Å². The van der Waals surface area contributed by atoms with Gasteiger partial charge < -0.3 is 15.4 Å². The molecule has 1 unspecified atom stereocenters. The van der Waals surface area contributed by atoms with Gasteiger partial charge in [0.1, 0.15) is 5.75 Å². The Morgan fingerprint density at radius 1 is 0.889 bits per heavy atom. The molecule has 0 saturated heterocycles. The quantitative estimate of drug-likeness (QED) is 0.555. The van der Waals surface area contributed by atoms with Crippen LogP contribution in [0.2, 0.25) is 0 Å². The molecule has 0 aromatic heterocycles. The van der Waals surface area contributed by atoms with Crippen LogP contribution in [0.4, 0.5) is 17.1 Å². The van der Waals surface area contributed by atoms with E-state index >= 15 is 0 Å². The fourth-order valence-electron chi connectivity index (χ4n) is 2.55. The van der Waals surface area contributed by atoms with Gasteiger partial charge in [-0.2, -0.15) is 0 Å². The number of hydrogen-bond acceptors (Lipinski definition) is 3. The first-order valence-corrected chi connectivity index (χ1v) is 9.14. The summed E-state index contributed by atoms with van der Waals surface area (Å²) in [4.78, 5) is 12.5. The fourth-order valence-corrected chi connectivity index (χ4v) is 2.55. The average molecular weight is 360 g/mol. The summed E-state index contributed by atoms with van der Waals surface area (Å²) in [5.41, 5.74) is 3.30. The van der Waals surface area contributed by atoms with Gasteiger partial charge in [-0.25, -0.2) is 0 Å². The third kappa shape index (κ3) is 5.35. The van der Waals surface area contributed by atoms with Crippen molar-refractivity contribution in [3.8, 4) is 5.75 Å². The number of carbonyl (C=O) groups is 1. The first kappa shape index (κ1) is 18.5. The maximum absolute atomic E-state index is 12.5. The highest BCUT2D eigenvalue weighted by Crippen LogP contribution is 2.20. The molecule has 0 heterocycles. The summed E-state index contributed by atoms with van der Waals surface area (Å²) in [7, 11) is 0. The number of benzene rings is 3. The SMILES string of the molecule is CCC(C)Oc1cccc(C(=O)Nc2ccc(Nc3ccccc3)cc2)c1. The van der Waals surface area contributed by atoms with Crippen LogP contribution in [0.25, 0.3) is 0 Å². The lowest BCUT2D eigenvalue weighted by atomic mass is 10.2. The highest BCUT2D eigenvalue weighted by molar-refractivity contribution is 6.04. The van der Waals surface area contributed by atoms with Gasteiger partial charge in [-0.1, -0.05) is 31.2 Å². The number of para-hydroxylation sites is 1. The van der Waals surface area contributed by atoms with E-state index in [4.69, 9.17) is 4.74 Å². The molecule has 0 aliphatic heterocycles. The second-order valence-electron chi connectivity index (χ2n) is 6.39. The Bertz CT molecular complexity index is 876. The van der Waals surface area contributed by atoms with Crippen LogP contribution >= 0.6 is 0 Å². The van der Waals surface area contributed by atoms with Crippen molar-refractivity contribution in [2.45, 2.75) is 26.4 Å². The molecule has 4 heteroatoms. The molecule has 0 saturated carbocycles. The molecule has 3 aromatic rings. The van der Waals surface area contributed by atoms with E-state index in [1.165, 1.54) is 0 Å². The molecule has 1 atom stereocenters. The van der Waals surface area contributed by atoms with Crippen molar-refractivity contribution in [1.82, 2.24) is 0 Å². The number of ether oxygens (including phenoxy) is 1. The van der Waals surface area contributed by atoms with E-state index in [1.54, 1.807) is 12.1 Å². The van der Waals surface area contributed by atoms with Crippen molar-refractivity contribution in [2.75, 3.05) is 10.6 Å². The second kappa shape index (κ2) is 8.90. The van der Waals surface area contributed by atoms with Crippen molar-refractivity contribution in [3.63, 3.8) is 0 Å². The maximum Gasteiger partial charge on any atom is 0.255 e. The lowest BCUT2D eigenvalue weighted by Crippen LogP contribution is -2.13. The Morgan fingerprint density at radius 2 is 1.56 bits per heavy atom. The molecule has 27 heavy (non-hydrogen) atoms. The highest BCUT2D eigenvalue weighted by atomic mass is 16.5. The molecule has 2 N–H and O–H groups in total. The summed E-state index contributed by atoms with van der Waals surface area (Å²) >= 11 is 0. The maximum atomic E-state index is 12.5. The summed E-state index contributed by atoms with van der Waals surface area (Å²) < 4.78 is 5.79. The highest BCUT2D eigenvalue weighted by Gasteiger charge is 2.09. The number of amides is 1. The van der Waals surface area contributed by atoms with E-state index in [0.717, 1.165) is 23.5 Å². The predicted molar refractivity (Wildman–Crippen MR) is 111 cm³/mol. The van der Waals surface area contributed by atoms with E-state index in [0.29, 0.717) is 11.3 Å². The number of anilines is 3.